The standard InChI is InChI=1S/C10H20O2S/c1-2-3-4-5-7-10-8-6-9-13(10,11)12/h10H,2-9H2,1H3. The highest BCUT2D eigenvalue weighted by Crippen LogP contribution is 2.24. The maximum absolute atomic E-state index is 11.4. The molecular formula is C10H20O2S. The summed E-state index contributed by atoms with van der Waals surface area (Å²) in [5.74, 6) is 0.436. The van der Waals surface area contributed by atoms with E-state index in [1.165, 1.54) is 19.3 Å². The Hall–Kier alpha value is -0.0500. The maximum atomic E-state index is 11.4. The lowest BCUT2D eigenvalue weighted by Crippen LogP contribution is -2.15. The number of unbranched alkanes of at least 4 members (excludes halogenated alkanes) is 3. The van der Waals surface area contributed by atoms with Gasteiger partial charge in [0.1, 0.15) is 0 Å². The first-order valence-corrected chi connectivity index (χ1v) is 7.10. The Morgan fingerprint density at radius 1 is 1.23 bits per heavy atom. The van der Waals surface area contributed by atoms with Crippen molar-refractivity contribution in [1.82, 2.24) is 0 Å². The lowest BCUT2D eigenvalue weighted by molar-refractivity contribution is 0.562. The molecule has 1 saturated heterocycles. The van der Waals surface area contributed by atoms with E-state index in [1.54, 1.807) is 0 Å². The van der Waals surface area contributed by atoms with Crippen molar-refractivity contribution >= 4 is 9.84 Å². The molecule has 0 aliphatic carbocycles. The third kappa shape index (κ3) is 3.29. The predicted molar refractivity (Wildman–Crippen MR) is 55.6 cm³/mol. The van der Waals surface area contributed by atoms with Gasteiger partial charge in [-0.15, -0.1) is 0 Å². The Bertz CT molecular complexity index is 231. The molecule has 13 heavy (non-hydrogen) atoms. The molecule has 1 unspecified atom stereocenters. The Kier molecular flexibility index (Phi) is 4.23. The number of rotatable bonds is 5. The molecule has 0 saturated carbocycles. The minimum atomic E-state index is -2.67. The van der Waals surface area contributed by atoms with E-state index in [1.807, 2.05) is 0 Å². The second-order valence-electron chi connectivity index (χ2n) is 3.98. The minimum Gasteiger partial charge on any atom is -0.229 e. The van der Waals surface area contributed by atoms with Gasteiger partial charge >= 0.3 is 0 Å². The van der Waals surface area contributed by atoms with Gasteiger partial charge in [-0.1, -0.05) is 32.6 Å². The smallest absolute Gasteiger partial charge is 0.153 e. The van der Waals surface area contributed by atoms with Crippen LogP contribution in [0.5, 0.6) is 0 Å². The topological polar surface area (TPSA) is 34.1 Å². The van der Waals surface area contributed by atoms with Crippen LogP contribution in [0.4, 0.5) is 0 Å². The van der Waals surface area contributed by atoms with Crippen LogP contribution in [-0.2, 0) is 9.84 Å². The van der Waals surface area contributed by atoms with E-state index >= 15 is 0 Å². The normalized spacial score (nSPS) is 26.4. The molecular weight excluding hydrogens is 184 g/mol. The Balaban J connectivity index is 2.22. The SMILES string of the molecule is CCCCCCC1CCCS1(=O)=O. The molecule has 1 rings (SSSR count). The van der Waals surface area contributed by atoms with E-state index in [9.17, 15) is 8.42 Å². The van der Waals surface area contributed by atoms with Gasteiger partial charge in [-0.3, -0.25) is 0 Å². The summed E-state index contributed by atoms with van der Waals surface area (Å²) < 4.78 is 22.9. The Morgan fingerprint density at radius 2 is 2.00 bits per heavy atom. The van der Waals surface area contributed by atoms with Crippen molar-refractivity contribution in [2.24, 2.45) is 0 Å². The zero-order valence-electron chi connectivity index (χ0n) is 8.46. The van der Waals surface area contributed by atoms with Crippen molar-refractivity contribution in [2.45, 2.75) is 57.1 Å². The van der Waals surface area contributed by atoms with Gasteiger partial charge in [0, 0.05) is 0 Å². The number of hydrogen-bond donors (Lipinski definition) is 0. The second kappa shape index (κ2) is 4.99. The molecule has 2 nitrogen and oxygen atoms in total. The highest BCUT2D eigenvalue weighted by Gasteiger charge is 2.30. The van der Waals surface area contributed by atoms with Gasteiger partial charge in [0.15, 0.2) is 9.84 Å². The van der Waals surface area contributed by atoms with Crippen molar-refractivity contribution < 1.29 is 8.42 Å². The van der Waals surface area contributed by atoms with Crippen LogP contribution in [0.2, 0.25) is 0 Å². The average molecular weight is 204 g/mol. The zero-order chi connectivity index (χ0) is 9.73. The van der Waals surface area contributed by atoms with Crippen LogP contribution in [0.25, 0.3) is 0 Å². The molecule has 0 amide bonds. The summed E-state index contributed by atoms with van der Waals surface area (Å²) in [5, 5.41) is 0.00403. The van der Waals surface area contributed by atoms with Crippen molar-refractivity contribution in [3.63, 3.8) is 0 Å². The molecule has 0 bridgehead atoms. The summed E-state index contributed by atoms with van der Waals surface area (Å²) in [5.41, 5.74) is 0. The van der Waals surface area contributed by atoms with E-state index in [4.69, 9.17) is 0 Å². The monoisotopic (exact) mass is 204 g/mol. The van der Waals surface area contributed by atoms with E-state index in [0.29, 0.717) is 5.75 Å². The molecule has 1 fully saturated rings. The summed E-state index contributed by atoms with van der Waals surface area (Å²) in [6.07, 6.45) is 7.46. The van der Waals surface area contributed by atoms with Gasteiger partial charge in [0.05, 0.1) is 11.0 Å². The van der Waals surface area contributed by atoms with Gasteiger partial charge < -0.3 is 0 Å². The minimum absolute atomic E-state index is 0.00403. The second-order valence-corrected chi connectivity index (χ2v) is 6.38. The van der Waals surface area contributed by atoms with Crippen molar-refractivity contribution in [2.75, 3.05) is 5.75 Å². The molecule has 0 aromatic heterocycles. The van der Waals surface area contributed by atoms with Crippen LogP contribution in [0.15, 0.2) is 0 Å². The molecule has 0 aromatic rings. The van der Waals surface area contributed by atoms with E-state index in [0.717, 1.165) is 25.7 Å². The highest BCUT2D eigenvalue weighted by molar-refractivity contribution is 7.92. The van der Waals surface area contributed by atoms with Crippen LogP contribution in [0.3, 0.4) is 0 Å². The number of hydrogen-bond acceptors (Lipinski definition) is 2. The first-order chi connectivity index (χ1) is 6.17. The van der Waals surface area contributed by atoms with E-state index in [2.05, 4.69) is 6.92 Å². The molecule has 1 aliphatic rings. The summed E-state index contributed by atoms with van der Waals surface area (Å²) in [6, 6.07) is 0. The van der Waals surface area contributed by atoms with Crippen molar-refractivity contribution in [3.05, 3.63) is 0 Å². The van der Waals surface area contributed by atoms with Gasteiger partial charge in [-0.05, 0) is 19.3 Å². The van der Waals surface area contributed by atoms with Crippen LogP contribution >= 0.6 is 0 Å². The fraction of sp³-hybridized carbons (Fsp3) is 1.00. The third-order valence-electron chi connectivity index (χ3n) is 2.84. The summed E-state index contributed by atoms with van der Waals surface area (Å²) in [4.78, 5) is 0. The quantitative estimate of drug-likeness (QED) is 0.645. The van der Waals surface area contributed by atoms with Gasteiger partial charge in [-0.2, -0.15) is 0 Å². The molecule has 0 N–H and O–H groups in total. The number of sulfone groups is 1. The fourth-order valence-electron chi connectivity index (χ4n) is 1.98. The summed E-state index contributed by atoms with van der Waals surface area (Å²) >= 11 is 0. The first-order valence-electron chi connectivity index (χ1n) is 5.38. The van der Waals surface area contributed by atoms with Crippen LogP contribution in [-0.4, -0.2) is 19.4 Å². The Morgan fingerprint density at radius 3 is 2.54 bits per heavy atom. The Labute approximate surface area is 81.6 Å². The molecule has 0 radical (unpaired) electrons. The molecule has 1 atom stereocenters. The fourth-order valence-corrected chi connectivity index (χ4v) is 3.94. The van der Waals surface area contributed by atoms with E-state index in [-0.39, 0.29) is 5.25 Å². The lowest BCUT2D eigenvalue weighted by atomic mass is 10.1. The van der Waals surface area contributed by atoms with Crippen molar-refractivity contribution in [1.29, 1.82) is 0 Å². The summed E-state index contributed by atoms with van der Waals surface area (Å²) in [7, 11) is -2.67. The molecule has 1 aliphatic heterocycles. The largest absolute Gasteiger partial charge is 0.229 e. The molecule has 0 spiro atoms. The maximum Gasteiger partial charge on any atom is 0.153 e. The lowest BCUT2D eigenvalue weighted by Gasteiger charge is -2.07. The predicted octanol–water partition coefficient (Wildman–Crippen LogP) is 2.53. The average Bonchev–Trinajstić information content (AvgIpc) is 2.40. The molecule has 3 heteroatoms. The van der Waals surface area contributed by atoms with Gasteiger partial charge in [0.2, 0.25) is 0 Å². The first kappa shape index (κ1) is 11.0. The van der Waals surface area contributed by atoms with Gasteiger partial charge in [-0.25, -0.2) is 8.42 Å². The molecule has 1 heterocycles. The molecule has 78 valence electrons. The summed E-state index contributed by atoms with van der Waals surface area (Å²) in [6.45, 7) is 2.17. The highest BCUT2D eigenvalue weighted by atomic mass is 32.2. The van der Waals surface area contributed by atoms with Crippen LogP contribution in [0, 0.1) is 0 Å². The zero-order valence-corrected chi connectivity index (χ0v) is 9.28. The van der Waals surface area contributed by atoms with Gasteiger partial charge in [0.25, 0.3) is 0 Å². The third-order valence-corrected chi connectivity index (χ3v) is 5.19. The van der Waals surface area contributed by atoms with E-state index < -0.39 is 9.84 Å². The van der Waals surface area contributed by atoms with Crippen LogP contribution < -0.4 is 0 Å². The van der Waals surface area contributed by atoms with Crippen LogP contribution in [0.1, 0.15) is 51.9 Å². The van der Waals surface area contributed by atoms with Crippen molar-refractivity contribution in [3.8, 4) is 0 Å². The molecule has 0 aromatic carbocycles.